The van der Waals surface area contributed by atoms with Gasteiger partial charge in [0.1, 0.15) is 23.9 Å². The molecular weight excluding hydrogens is 423 g/mol. The number of methoxy groups -OCH3 is 1. The standard InChI is InChI=1S/C23H18BrFO3/c1-27-23-12-6-16(5-11-22(26)17-7-9-20(25)10-8-17)13-18(23)15-28-21-4-2-3-19(24)14-21/h2-14H,15H2,1H3/b11-5+. The third kappa shape index (κ3) is 5.30. The fourth-order valence-corrected chi connectivity index (χ4v) is 2.99. The number of carbonyl (C=O) groups is 1. The zero-order valence-corrected chi connectivity index (χ0v) is 16.8. The molecule has 0 N–H and O–H groups in total. The Kier molecular flexibility index (Phi) is 6.61. The van der Waals surface area contributed by atoms with Gasteiger partial charge in [-0.3, -0.25) is 4.79 Å². The van der Waals surface area contributed by atoms with Crippen molar-refractivity contribution in [2.24, 2.45) is 0 Å². The highest BCUT2D eigenvalue weighted by atomic mass is 79.9. The second-order valence-electron chi connectivity index (χ2n) is 6.02. The lowest BCUT2D eigenvalue weighted by atomic mass is 10.1. The molecule has 0 amide bonds. The molecule has 5 heteroatoms. The van der Waals surface area contributed by atoms with Gasteiger partial charge in [0, 0.05) is 15.6 Å². The Balaban J connectivity index is 1.74. The number of carbonyl (C=O) groups excluding carboxylic acids is 1. The largest absolute Gasteiger partial charge is 0.496 e. The second-order valence-corrected chi connectivity index (χ2v) is 6.94. The molecule has 0 saturated carbocycles. The minimum absolute atomic E-state index is 0.192. The van der Waals surface area contributed by atoms with E-state index < -0.39 is 0 Å². The van der Waals surface area contributed by atoms with E-state index in [0.29, 0.717) is 17.9 Å². The number of benzene rings is 3. The van der Waals surface area contributed by atoms with Gasteiger partial charge >= 0.3 is 0 Å². The van der Waals surface area contributed by atoms with Gasteiger partial charge in [-0.15, -0.1) is 0 Å². The summed E-state index contributed by atoms with van der Waals surface area (Å²) in [6, 6.07) is 18.7. The van der Waals surface area contributed by atoms with Gasteiger partial charge in [0.05, 0.1) is 7.11 Å². The monoisotopic (exact) mass is 440 g/mol. The van der Waals surface area contributed by atoms with E-state index in [4.69, 9.17) is 9.47 Å². The summed E-state index contributed by atoms with van der Waals surface area (Å²) < 4.78 is 25.2. The Hall–Kier alpha value is -2.92. The number of hydrogen-bond acceptors (Lipinski definition) is 3. The topological polar surface area (TPSA) is 35.5 Å². The summed E-state index contributed by atoms with van der Waals surface area (Å²) in [5, 5.41) is 0. The van der Waals surface area contributed by atoms with Crippen LogP contribution in [0.25, 0.3) is 6.08 Å². The fraction of sp³-hybridized carbons (Fsp3) is 0.0870. The SMILES string of the molecule is COc1ccc(/C=C/C(=O)c2ccc(F)cc2)cc1COc1cccc(Br)c1. The summed E-state index contributed by atoms with van der Waals surface area (Å²) in [7, 11) is 1.60. The predicted molar refractivity (Wildman–Crippen MR) is 111 cm³/mol. The average molecular weight is 441 g/mol. The predicted octanol–water partition coefficient (Wildman–Crippen LogP) is 6.07. The van der Waals surface area contributed by atoms with E-state index in [2.05, 4.69) is 15.9 Å². The molecule has 3 aromatic rings. The summed E-state index contributed by atoms with van der Waals surface area (Å²) in [5.41, 5.74) is 2.13. The van der Waals surface area contributed by atoms with E-state index in [9.17, 15) is 9.18 Å². The summed E-state index contributed by atoms with van der Waals surface area (Å²) in [4.78, 5) is 12.2. The van der Waals surface area contributed by atoms with Gasteiger partial charge in [-0.05, 0) is 66.2 Å². The van der Waals surface area contributed by atoms with Crippen LogP contribution < -0.4 is 9.47 Å². The zero-order valence-electron chi connectivity index (χ0n) is 15.2. The van der Waals surface area contributed by atoms with E-state index in [0.717, 1.165) is 21.3 Å². The van der Waals surface area contributed by atoms with Crippen LogP contribution in [0.5, 0.6) is 11.5 Å². The first kappa shape index (κ1) is 19.8. The Bertz CT molecular complexity index is 997. The average Bonchev–Trinajstić information content (AvgIpc) is 2.71. The van der Waals surface area contributed by atoms with E-state index in [1.54, 1.807) is 13.2 Å². The van der Waals surface area contributed by atoms with Gasteiger partial charge in [-0.1, -0.05) is 34.1 Å². The Morgan fingerprint density at radius 2 is 1.86 bits per heavy atom. The molecule has 3 rings (SSSR count). The third-order valence-corrected chi connectivity index (χ3v) is 4.54. The Morgan fingerprint density at radius 1 is 1.07 bits per heavy atom. The van der Waals surface area contributed by atoms with Crippen LogP contribution in [0.1, 0.15) is 21.5 Å². The van der Waals surface area contributed by atoms with Crippen LogP contribution in [-0.4, -0.2) is 12.9 Å². The molecule has 0 bridgehead atoms. The maximum absolute atomic E-state index is 13.0. The minimum atomic E-state index is -0.370. The highest BCUT2D eigenvalue weighted by Crippen LogP contribution is 2.24. The number of ether oxygens (including phenoxy) is 2. The van der Waals surface area contributed by atoms with Crippen molar-refractivity contribution >= 4 is 27.8 Å². The van der Waals surface area contributed by atoms with Gasteiger partial charge in [0.2, 0.25) is 0 Å². The van der Waals surface area contributed by atoms with E-state index >= 15 is 0 Å². The molecule has 142 valence electrons. The fourth-order valence-electron chi connectivity index (χ4n) is 2.62. The molecule has 0 aliphatic rings. The quantitative estimate of drug-likeness (QED) is 0.330. The Morgan fingerprint density at radius 3 is 2.57 bits per heavy atom. The molecule has 0 fully saturated rings. The van der Waals surface area contributed by atoms with Crippen LogP contribution in [0.4, 0.5) is 4.39 Å². The van der Waals surface area contributed by atoms with Crippen LogP contribution in [0.2, 0.25) is 0 Å². The number of allylic oxidation sites excluding steroid dienone is 1. The maximum atomic E-state index is 13.0. The van der Waals surface area contributed by atoms with Crippen LogP contribution in [0.15, 0.2) is 77.3 Å². The lowest BCUT2D eigenvalue weighted by Crippen LogP contribution is -1.99. The van der Waals surface area contributed by atoms with Crippen molar-refractivity contribution in [2.75, 3.05) is 7.11 Å². The van der Waals surface area contributed by atoms with Gasteiger partial charge < -0.3 is 9.47 Å². The first-order valence-electron chi connectivity index (χ1n) is 8.58. The maximum Gasteiger partial charge on any atom is 0.185 e. The van der Waals surface area contributed by atoms with Crippen LogP contribution in [0.3, 0.4) is 0 Å². The smallest absolute Gasteiger partial charge is 0.185 e. The van der Waals surface area contributed by atoms with Gasteiger partial charge in [0.25, 0.3) is 0 Å². The molecule has 0 radical (unpaired) electrons. The molecule has 0 atom stereocenters. The molecule has 0 spiro atoms. The minimum Gasteiger partial charge on any atom is -0.496 e. The van der Waals surface area contributed by atoms with Crippen LogP contribution in [0, 0.1) is 5.82 Å². The third-order valence-electron chi connectivity index (χ3n) is 4.05. The highest BCUT2D eigenvalue weighted by Gasteiger charge is 2.06. The van der Waals surface area contributed by atoms with Crippen molar-refractivity contribution in [2.45, 2.75) is 6.61 Å². The number of halogens is 2. The van der Waals surface area contributed by atoms with E-state index in [-0.39, 0.29) is 11.6 Å². The van der Waals surface area contributed by atoms with Crippen molar-refractivity contribution in [1.29, 1.82) is 0 Å². The van der Waals surface area contributed by atoms with Gasteiger partial charge in [0.15, 0.2) is 5.78 Å². The van der Waals surface area contributed by atoms with Crippen molar-refractivity contribution in [3.8, 4) is 11.5 Å². The molecule has 3 nitrogen and oxygen atoms in total. The molecule has 28 heavy (non-hydrogen) atoms. The van der Waals surface area contributed by atoms with Crippen molar-refractivity contribution < 1.29 is 18.7 Å². The number of ketones is 1. The summed E-state index contributed by atoms with van der Waals surface area (Å²) in [6.07, 6.45) is 3.18. The molecule has 0 aliphatic heterocycles. The Labute approximate surface area is 171 Å². The van der Waals surface area contributed by atoms with Crippen LogP contribution in [-0.2, 0) is 6.61 Å². The molecule has 0 heterocycles. The number of rotatable bonds is 7. The van der Waals surface area contributed by atoms with Crippen molar-refractivity contribution in [3.63, 3.8) is 0 Å². The molecule has 0 unspecified atom stereocenters. The lowest BCUT2D eigenvalue weighted by molar-refractivity contribution is 0.104. The molecule has 0 aliphatic carbocycles. The van der Waals surface area contributed by atoms with Gasteiger partial charge in [-0.25, -0.2) is 4.39 Å². The second kappa shape index (κ2) is 9.33. The first-order chi connectivity index (χ1) is 13.5. The highest BCUT2D eigenvalue weighted by molar-refractivity contribution is 9.10. The van der Waals surface area contributed by atoms with E-state index in [1.165, 1.54) is 30.3 Å². The molecule has 3 aromatic carbocycles. The van der Waals surface area contributed by atoms with Crippen LogP contribution >= 0.6 is 15.9 Å². The lowest BCUT2D eigenvalue weighted by Gasteiger charge is -2.11. The molecule has 0 saturated heterocycles. The zero-order chi connectivity index (χ0) is 19.9. The number of hydrogen-bond donors (Lipinski definition) is 0. The first-order valence-corrected chi connectivity index (χ1v) is 9.38. The van der Waals surface area contributed by atoms with Crippen molar-refractivity contribution in [1.82, 2.24) is 0 Å². The van der Waals surface area contributed by atoms with E-state index in [1.807, 2.05) is 42.5 Å². The van der Waals surface area contributed by atoms with Gasteiger partial charge in [-0.2, -0.15) is 0 Å². The summed E-state index contributed by atoms with van der Waals surface area (Å²) in [6.45, 7) is 0.327. The molecule has 0 aromatic heterocycles. The van der Waals surface area contributed by atoms with Crippen molar-refractivity contribution in [3.05, 3.63) is 99.8 Å². The summed E-state index contributed by atoms with van der Waals surface area (Å²) in [5.74, 6) is 0.884. The normalized spacial score (nSPS) is 10.8. The molecular formula is C23H18BrFO3. The summed E-state index contributed by atoms with van der Waals surface area (Å²) >= 11 is 3.42.